The number of carbonyl (C=O) groups is 2. The molecular formula is C26H44N2O5. The van der Waals surface area contributed by atoms with E-state index in [0.29, 0.717) is 6.61 Å². The fourth-order valence-corrected chi connectivity index (χ4v) is 3.74. The topological polar surface area (TPSA) is 108 Å². The minimum atomic E-state index is -0.748. The summed E-state index contributed by atoms with van der Waals surface area (Å²) < 4.78 is 5.03. The second kappa shape index (κ2) is 19.1. The van der Waals surface area contributed by atoms with E-state index < -0.39 is 12.0 Å². The third-order valence-corrected chi connectivity index (χ3v) is 5.74. The van der Waals surface area contributed by atoms with Crippen LogP contribution in [0.5, 0.6) is 11.5 Å². The number of ether oxygens (including phenoxy) is 1. The lowest BCUT2D eigenvalue weighted by molar-refractivity contribution is 0.0905. The highest BCUT2D eigenvalue weighted by Crippen LogP contribution is 2.22. The summed E-state index contributed by atoms with van der Waals surface area (Å²) in [6, 6.07) is 3.57. The quantitative estimate of drug-likeness (QED) is 0.142. The first-order chi connectivity index (χ1) is 16.0. The summed E-state index contributed by atoms with van der Waals surface area (Å²) in [4.78, 5) is 23.5. The molecule has 0 radical (unpaired) electrons. The van der Waals surface area contributed by atoms with Gasteiger partial charge in [-0.15, -0.1) is 0 Å². The second-order valence-electron chi connectivity index (χ2n) is 8.72. The van der Waals surface area contributed by atoms with E-state index in [4.69, 9.17) is 4.74 Å². The lowest BCUT2D eigenvalue weighted by Gasteiger charge is -2.09. The van der Waals surface area contributed by atoms with Crippen LogP contribution in [0.1, 0.15) is 120 Å². The molecule has 0 bridgehead atoms. The average molecular weight is 465 g/mol. The second-order valence-corrected chi connectivity index (χ2v) is 8.72. The number of aromatic hydroxyl groups is 2. The minimum Gasteiger partial charge on any atom is -0.508 e. The van der Waals surface area contributed by atoms with Crippen molar-refractivity contribution in [3.63, 3.8) is 0 Å². The molecule has 0 saturated heterocycles. The number of amides is 2. The molecule has 188 valence electrons. The molecule has 1 aromatic rings. The van der Waals surface area contributed by atoms with Crippen LogP contribution in [0.4, 0.5) is 4.79 Å². The molecule has 0 atom stereocenters. The van der Waals surface area contributed by atoms with Crippen molar-refractivity contribution in [2.24, 2.45) is 0 Å². The van der Waals surface area contributed by atoms with Gasteiger partial charge in [-0.25, -0.2) is 10.2 Å². The van der Waals surface area contributed by atoms with Gasteiger partial charge in [0.2, 0.25) is 0 Å². The molecule has 2 amide bonds. The van der Waals surface area contributed by atoms with Crippen molar-refractivity contribution in [3.8, 4) is 11.5 Å². The van der Waals surface area contributed by atoms with Crippen molar-refractivity contribution >= 4 is 12.0 Å². The molecule has 0 fully saturated rings. The summed E-state index contributed by atoms with van der Waals surface area (Å²) >= 11 is 0. The number of benzene rings is 1. The number of hydrazine groups is 1. The van der Waals surface area contributed by atoms with Gasteiger partial charge in [0.1, 0.15) is 11.5 Å². The highest BCUT2D eigenvalue weighted by Gasteiger charge is 2.12. The zero-order chi connectivity index (χ0) is 24.2. The minimum absolute atomic E-state index is 0.0640. The molecule has 0 aliphatic heterocycles. The van der Waals surface area contributed by atoms with Gasteiger partial charge in [-0.05, 0) is 18.6 Å². The Labute approximate surface area is 199 Å². The summed E-state index contributed by atoms with van der Waals surface area (Å²) in [6.45, 7) is 2.56. The number of rotatable bonds is 18. The van der Waals surface area contributed by atoms with Crippen LogP contribution in [0.2, 0.25) is 0 Å². The number of hydrogen-bond donors (Lipinski definition) is 4. The molecule has 0 heterocycles. The van der Waals surface area contributed by atoms with E-state index >= 15 is 0 Å². The number of phenols is 2. The van der Waals surface area contributed by atoms with Gasteiger partial charge in [-0.1, -0.05) is 103 Å². The lowest BCUT2D eigenvalue weighted by Crippen LogP contribution is -2.42. The van der Waals surface area contributed by atoms with Gasteiger partial charge in [0.15, 0.2) is 0 Å². The van der Waals surface area contributed by atoms with E-state index in [9.17, 15) is 19.8 Å². The molecule has 1 aromatic carbocycles. The van der Waals surface area contributed by atoms with Crippen molar-refractivity contribution < 1.29 is 24.5 Å². The van der Waals surface area contributed by atoms with Gasteiger partial charge >= 0.3 is 6.09 Å². The standard InChI is InChI=1S/C26H44N2O5/c1-2-3-4-5-6-7-8-9-10-11-12-13-14-15-16-17-20-33-26(32)28-27-25(31)23-19-18-22(29)21-24(23)30/h18-19,21,29-30H,2-17,20H2,1H3,(H,27,31)(H,28,32). The van der Waals surface area contributed by atoms with Crippen LogP contribution in [-0.4, -0.2) is 28.8 Å². The summed E-state index contributed by atoms with van der Waals surface area (Å²) in [7, 11) is 0. The summed E-state index contributed by atoms with van der Waals surface area (Å²) in [5, 5.41) is 18.9. The third kappa shape index (κ3) is 15.1. The van der Waals surface area contributed by atoms with E-state index in [1.165, 1.54) is 95.6 Å². The van der Waals surface area contributed by atoms with Gasteiger partial charge in [0, 0.05) is 6.07 Å². The Bertz CT molecular complexity index is 666. The molecule has 1 rings (SSSR count). The molecule has 0 spiro atoms. The van der Waals surface area contributed by atoms with Crippen LogP contribution in [0.25, 0.3) is 0 Å². The molecule has 33 heavy (non-hydrogen) atoms. The predicted molar refractivity (Wildman–Crippen MR) is 131 cm³/mol. The lowest BCUT2D eigenvalue weighted by atomic mass is 10.0. The summed E-state index contributed by atoms with van der Waals surface area (Å²) in [6.07, 6.45) is 19.8. The zero-order valence-electron chi connectivity index (χ0n) is 20.4. The maximum atomic E-state index is 11.9. The molecule has 0 unspecified atom stereocenters. The highest BCUT2D eigenvalue weighted by molar-refractivity contribution is 5.97. The molecular weight excluding hydrogens is 420 g/mol. The van der Waals surface area contributed by atoms with Gasteiger partial charge in [0.05, 0.1) is 12.2 Å². The normalized spacial score (nSPS) is 10.7. The fraction of sp³-hybridized carbons (Fsp3) is 0.692. The SMILES string of the molecule is CCCCCCCCCCCCCCCCCCOC(=O)NNC(=O)c1ccc(O)cc1O. The highest BCUT2D eigenvalue weighted by atomic mass is 16.6. The van der Waals surface area contributed by atoms with Crippen LogP contribution < -0.4 is 10.9 Å². The van der Waals surface area contributed by atoms with Gasteiger partial charge < -0.3 is 14.9 Å². The van der Waals surface area contributed by atoms with Crippen LogP contribution in [0, 0.1) is 0 Å². The third-order valence-electron chi connectivity index (χ3n) is 5.74. The molecule has 0 aliphatic carbocycles. The zero-order valence-corrected chi connectivity index (χ0v) is 20.4. The monoisotopic (exact) mass is 464 g/mol. The largest absolute Gasteiger partial charge is 0.508 e. The van der Waals surface area contributed by atoms with Crippen molar-refractivity contribution in [2.45, 2.75) is 110 Å². The fourth-order valence-electron chi connectivity index (χ4n) is 3.74. The maximum absolute atomic E-state index is 11.9. The Morgan fingerprint density at radius 3 is 1.70 bits per heavy atom. The molecule has 4 N–H and O–H groups in total. The molecule has 0 aliphatic rings. The van der Waals surface area contributed by atoms with Gasteiger partial charge in [-0.3, -0.25) is 10.2 Å². The van der Waals surface area contributed by atoms with Crippen LogP contribution in [-0.2, 0) is 4.74 Å². The van der Waals surface area contributed by atoms with Crippen LogP contribution >= 0.6 is 0 Å². The van der Waals surface area contributed by atoms with Crippen LogP contribution in [0.3, 0.4) is 0 Å². The first-order valence-corrected chi connectivity index (χ1v) is 12.8. The first kappa shape index (κ1) is 28.6. The number of hydrogen-bond acceptors (Lipinski definition) is 5. The Hall–Kier alpha value is -2.44. The van der Waals surface area contributed by atoms with E-state index in [-0.39, 0.29) is 17.1 Å². The molecule has 7 heteroatoms. The van der Waals surface area contributed by atoms with E-state index in [1.54, 1.807) is 0 Å². The van der Waals surface area contributed by atoms with Crippen molar-refractivity contribution in [2.75, 3.05) is 6.61 Å². The van der Waals surface area contributed by atoms with E-state index in [0.717, 1.165) is 25.3 Å². The van der Waals surface area contributed by atoms with E-state index in [1.807, 2.05) is 0 Å². The Balaban J connectivity index is 1.87. The Morgan fingerprint density at radius 1 is 0.727 bits per heavy atom. The Morgan fingerprint density at radius 2 is 1.21 bits per heavy atom. The molecule has 0 aromatic heterocycles. The van der Waals surface area contributed by atoms with Crippen LogP contribution in [0.15, 0.2) is 18.2 Å². The van der Waals surface area contributed by atoms with Gasteiger partial charge in [0.25, 0.3) is 5.91 Å². The Kier molecular flexibility index (Phi) is 16.5. The van der Waals surface area contributed by atoms with Crippen molar-refractivity contribution in [1.82, 2.24) is 10.9 Å². The van der Waals surface area contributed by atoms with Crippen molar-refractivity contribution in [3.05, 3.63) is 23.8 Å². The summed E-state index contributed by atoms with van der Waals surface area (Å²) in [5.74, 6) is -1.24. The van der Waals surface area contributed by atoms with Gasteiger partial charge in [-0.2, -0.15) is 0 Å². The number of carbonyl (C=O) groups excluding carboxylic acids is 2. The molecule has 7 nitrogen and oxygen atoms in total. The number of nitrogens with one attached hydrogen (secondary N) is 2. The first-order valence-electron chi connectivity index (χ1n) is 12.8. The maximum Gasteiger partial charge on any atom is 0.426 e. The number of phenolic OH excluding ortho intramolecular Hbond substituents is 2. The number of unbranched alkanes of at least 4 members (excludes halogenated alkanes) is 15. The van der Waals surface area contributed by atoms with Crippen molar-refractivity contribution in [1.29, 1.82) is 0 Å². The molecule has 0 saturated carbocycles. The smallest absolute Gasteiger partial charge is 0.426 e. The predicted octanol–water partition coefficient (Wildman–Crippen LogP) is 6.73. The van der Waals surface area contributed by atoms with E-state index in [2.05, 4.69) is 17.8 Å². The average Bonchev–Trinajstić information content (AvgIpc) is 2.79. The summed E-state index contributed by atoms with van der Waals surface area (Å²) in [5.41, 5.74) is 4.24.